The Kier molecular flexibility index (Phi) is 5.77. The quantitative estimate of drug-likeness (QED) is 0.763. The third-order valence-corrected chi connectivity index (χ3v) is 3.08. The SMILES string of the molecule is CC(C)N(CCCN)C(=O)C1CCOCC1. The first-order chi connectivity index (χ1) is 7.66. The summed E-state index contributed by atoms with van der Waals surface area (Å²) in [6.07, 6.45) is 2.61. The minimum atomic E-state index is 0.161. The van der Waals surface area contributed by atoms with Gasteiger partial charge in [-0.15, -0.1) is 0 Å². The molecule has 1 saturated heterocycles. The Morgan fingerprint density at radius 1 is 1.44 bits per heavy atom. The molecule has 1 fully saturated rings. The zero-order chi connectivity index (χ0) is 12.0. The van der Waals surface area contributed by atoms with E-state index in [0.717, 1.165) is 39.0 Å². The smallest absolute Gasteiger partial charge is 0.226 e. The largest absolute Gasteiger partial charge is 0.381 e. The highest BCUT2D eigenvalue weighted by Crippen LogP contribution is 2.19. The van der Waals surface area contributed by atoms with Crippen molar-refractivity contribution in [2.45, 2.75) is 39.2 Å². The number of rotatable bonds is 5. The Balaban J connectivity index is 2.51. The zero-order valence-electron chi connectivity index (χ0n) is 10.4. The van der Waals surface area contributed by atoms with Crippen molar-refractivity contribution in [2.75, 3.05) is 26.3 Å². The fourth-order valence-corrected chi connectivity index (χ4v) is 2.06. The molecule has 0 saturated carbocycles. The summed E-state index contributed by atoms with van der Waals surface area (Å²) in [5.74, 6) is 0.445. The number of hydrogen-bond donors (Lipinski definition) is 1. The van der Waals surface area contributed by atoms with Gasteiger partial charge in [-0.3, -0.25) is 4.79 Å². The molecule has 0 aromatic carbocycles. The van der Waals surface area contributed by atoms with Crippen LogP contribution in [0.2, 0.25) is 0 Å². The molecule has 4 heteroatoms. The Morgan fingerprint density at radius 2 is 2.06 bits per heavy atom. The minimum Gasteiger partial charge on any atom is -0.381 e. The second-order valence-corrected chi connectivity index (χ2v) is 4.65. The molecule has 1 rings (SSSR count). The highest BCUT2D eigenvalue weighted by molar-refractivity contribution is 5.79. The lowest BCUT2D eigenvalue weighted by Crippen LogP contribution is -2.43. The Labute approximate surface area is 98.1 Å². The summed E-state index contributed by atoms with van der Waals surface area (Å²) in [4.78, 5) is 14.2. The van der Waals surface area contributed by atoms with E-state index in [1.807, 2.05) is 4.90 Å². The van der Waals surface area contributed by atoms with Crippen LogP contribution in [0, 0.1) is 5.92 Å². The third-order valence-electron chi connectivity index (χ3n) is 3.08. The van der Waals surface area contributed by atoms with Crippen molar-refractivity contribution >= 4 is 5.91 Å². The van der Waals surface area contributed by atoms with E-state index in [0.29, 0.717) is 6.54 Å². The van der Waals surface area contributed by atoms with Crippen LogP contribution < -0.4 is 5.73 Å². The molecule has 4 nitrogen and oxygen atoms in total. The van der Waals surface area contributed by atoms with Crippen LogP contribution in [0.4, 0.5) is 0 Å². The second kappa shape index (κ2) is 6.86. The van der Waals surface area contributed by atoms with E-state index >= 15 is 0 Å². The van der Waals surface area contributed by atoms with Gasteiger partial charge in [-0.1, -0.05) is 0 Å². The summed E-state index contributed by atoms with van der Waals surface area (Å²) in [6.45, 7) is 6.99. The molecule has 0 unspecified atom stereocenters. The predicted molar refractivity (Wildman–Crippen MR) is 64.1 cm³/mol. The van der Waals surface area contributed by atoms with Crippen molar-refractivity contribution in [3.8, 4) is 0 Å². The van der Waals surface area contributed by atoms with Gasteiger partial charge in [-0.2, -0.15) is 0 Å². The molecule has 2 N–H and O–H groups in total. The highest BCUT2D eigenvalue weighted by atomic mass is 16.5. The summed E-state index contributed by atoms with van der Waals surface area (Å²) in [5.41, 5.74) is 5.50. The van der Waals surface area contributed by atoms with Crippen molar-refractivity contribution in [3.05, 3.63) is 0 Å². The van der Waals surface area contributed by atoms with Crippen molar-refractivity contribution < 1.29 is 9.53 Å². The first-order valence-corrected chi connectivity index (χ1v) is 6.25. The van der Waals surface area contributed by atoms with Crippen molar-refractivity contribution in [1.29, 1.82) is 0 Å². The minimum absolute atomic E-state index is 0.161. The number of hydrogen-bond acceptors (Lipinski definition) is 3. The van der Waals surface area contributed by atoms with Gasteiger partial charge in [0.25, 0.3) is 0 Å². The number of amides is 1. The van der Waals surface area contributed by atoms with Crippen molar-refractivity contribution in [2.24, 2.45) is 11.7 Å². The third kappa shape index (κ3) is 3.76. The molecule has 0 atom stereocenters. The number of ether oxygens (including phenoxy) is 1. The lowest BCUT2D eigenvalue weighted by molar-refractivity contribution is -0.140. The molecule has 0 spiro atoms. The molecule has 0 aromatic heterocycles. The molecule has 1 aliphatic heterocycles. The van der Waals surface area contributed by atoms with Crippen LogP contribution in [-0.2, 0) is 9.53 Å². The Hall–Kier alpha value is -0.610. The fourth-order valence-electron chi connectivity index (χ4n) is 2.06. The van der Waals surface area contributed by atoms with E-state index in [-0.39, 0.29) is 17.9 Å². The van der Waals surface area contributed by atoms with Gasteiger partial charge in [0.1, 0.15) is 0 Å². The Bertz CT molecular complexity index is 213. The van der Waals surface area contributed by atoms with Gasteiger partial charge in [0.05, 0.1) is 0 Å². The average molecular weight is 228 g/mol. The van der Waals surface area contributed by atoms with Crippen molar-refractivity contribution in [3.63, 3.8) is 0 Å². The molecule has 0 bridgehead atoms. The van der Waals surface area contributed by atoms with Crippen LogP contribution >= 0.6 is 0 Å². The first kappa shape index (κ1) is 13.5. The van der Waals surface area contributed by atoms with Crippen LogP contribution in [0.15, 0.2) is 0 Å². The van der Waals surface area contributed by atoms with Crippen molar-refractivity contribution in [1.82, 2.24) is 4.90 Å². The van der Waals surface area contributed by atoms with Gasteiger partial charge < -0.3 is 15.4 Å². The van der Waals surface area contributed by atoms with Gasteiger partial charge in [0.2, 0.25) is 5.91 Å². The van der Waals surface area contributed by atoms with Gasteiger partial charge in [0.15, 0.2) is 0 Å². The molecule has 1 heterocycles. The maximum absolute atomic E-state index is 12.3. The monoisotopic (exact) mass is 228 g/mol. The molecule has 0 radical (unpaired) electrons. The molecule has 94 valence electrons. The molecule has 16 heavy (non-hydrogen) atoms. The van der Waals surface area contributed by atoms with Gasteiger partial charge in [0, 0.05) is 31.7 Å². The highest BCUT2D eigenvalue weighted by Gasteiger charge is 2.27. The fraction of sp³-hybridized carbons (Fsp3) is 0.917. The molecule has 0 aromatic rings. The molecular weight excluding hydrogens is 204 g/mol. The van der Waals surface area contributed by atoms with Crippen LogP contribution in [0.3, 0.4) is 0 Å². The standard InChI is InChI=1S/C12H24N2O2/c1-10(2)14(7-3-6-13)12(15)11-4-8-16-9-5-11/h10-11H,3-9,13H2,1-2H3. The maximum atomic E-state index is 12.3. The van der Waals surface area contributed by atoms with Crippen LogP contribution in [0.1, 0.15) is 33.1 Å². The van der Waals surface area contributed by atoms with Crippen LogP contribution in [0.25, 0.3) is 0 Å². The molecule has 1 aliphatic rings. The van der Waals surface area contributed by atoms with Crippen LogP contribution in [-0.4, -0.2) is 43.2 Å². The normalized spacial score (nSPS) is 17.8. The molecule has 0 aliphatic carbocycles. The lowest BCUT2D eigenvalue weighted by Gasteiger charge is -2.32. The number of nitrogens with two attached hydrogens (primary N) is 1. The van der Waals surface area contributed by atoms with Gasteiger partial charge in [-0.25, -0.2) is 0 Å². The summed E-state index contributed by atoms with van der Waals surface area (Å²) in [5, 5.41) is 0. The van der Waals surface area contributed by atoms with E-state index in [9.17, 15) is 4.79 Å². The summed E-state index contributed by atoms with van der Waals surface area (Å²) in [6, 6.07) is 0.266. The summed E-state index contributed by atoms with van der Waals surface area (Å²) in [7, 11) is 0. The zero-order valence-corrected chi connectivity index (χ0v) is 10.4. The van der Waals surface area contributed by atoms with E-state index in [4.69, 9.17) is 10.5 Å². The van der Waals surface area contributed by atoms with Gasteiger partial charge in [-0.05, 0) is 39.7 Å². The van der Waals surface area contributed by atoms with Crippen LogP contribution in [0.5, 0.6) is 0 Å². The van der Waals surface area contributed by atoms with E-state index in [1.54, 1.807) is 0 Å². The number of carbonyl (C=O) groups is 1. The maximum Gasteiger partial charge on any atom is 0.226 e. The predicted octanol–water partition coefficient (Wildman–Crippen LogP) is 0.999. The first-order valence-electron chi connectivity index (χ1n) is 6.25. The lowest BCUT2D eigenvalue weighted by atomic mass is 9.98. The topological polar surface area (TPSA) is 55.6 Å². The van der Waals surface area contributed by atoms with E-state index in [1.165, 1.54) is 0 Å². The molecular formula is C12H24N2O2. The number of carbonyl (C=O) groups excluding carboxylic acids is 1. The second-order valence-electron chi connectivity index (χ2n) is 4.65. The summed E-state index contributed by atoms with van der Waals surface area (Å²) >= 11 is 0. The Morgan fingerprint density at radius 3 is 2.56 bits per heavy atom. The van der Waals surface area contributed by atoms with Gasteiger partial charge >= 0.3 is 0 Å². The molecule has 1 amide bonds. The average Bonchev–Trinajstić information content (AvgIpc) is 2.30. The summed E-state index contributed by atoms with van der Waals surface area (Å²) < 4.78 is 5.28. The van der Waals surface area contributed by atoms with E-state index < -0.39 is 0 Å². The van der Waals surface area contributed by atoms with E-state index in [2.05, 4.69) is 13.8 Å². The number of nitrogens with zero attached hydrogens (tertiary/aromatic N) is 1.